The Morgan fingerprint density at radius 2 is 1.97 bits per heavy atom. The molecular formula is C23H26FN5O3S. The number of aryl methyl sites for hydroxylation is 1. The van der Waals surface area contributed by atoms with E-state index in [4.69, 9.17) is 10.5 Å². The maximum atomic E-state index is 14.1. The largest absolute Gasteiger partial charge is 0.488 e. The third kappa shape index (κ3) is 4.75. The summed E-state index contributed by atoms with van der Waals surface area (Å²) in [5, 5.41) is 3.92. The fourth-order valence-corrected chi connectivity index (χ4v) is 5.21. The number of hydrogen-bond donors (Lipinski definition) is 2. The van der Waals surface area contributed by atoms with E-state index in [0.29, 0.717) is 37.9 Å². The number of benzene rings is 1. The van der Waals surface area contributed by atoms with E-state index in [1.54, 1.807) is 24.8 Å². The molecule has 0 spiro atoms. The van der Waals surface area contributed by atoms with Crippen LogP contribution in [0.25, 0.3) is 10.2 Å². The topological polar surface area (TPSA) is 110 Å². The van der Waals surface area contributed by atoms with Gasteiger partial charge in [-0.3, -0.25) is 9.59 Å². The van der Waals surface area contributed by atoms with E-state index in [-0.39, 0.29) is 18.1 Å². The highest BCUT2D eigenvalue weighted by atomic mass is 32.1. The number of hydrogen-bond acceptors (Lipinski definition) is 7. The van der Waals surface area contributed by atoms with Crippen LogP contribution >= 0.6 is 11.3 Å². The fraction of sp³-hybridized carbons (Fsp3) is 0.391. The number of nitrogens with zero attached hydrogens (tertiary/aromatic N) is 3. The molecule has 3 N–H and O–H groups in total. The van der Waals surface area contributed by atoms with Gasteiger partial charge in [0.05, 0.1) is 22.1 Å². The monoisotopic (exact) mass is 471 g/mol. The molecule has 1 saturated carbocycles. The van der Waals surface area contributed by atoms with Crippen molar-refractivity contribution in [3.8, 4) is 5.75 Å². The zero-order valence-electron chi connectivity index (χ0n) is 18.7. The molecule has 33 heavy (non-hydrogen) atoms. The summed E-state index contributed by atoms with van der Waals surface area (Å²) in [6, 6.07) is 4.50. The van der Waals surface area contributed by atoms with Gasteiger partial charge in [0.25, 0.3) is 5.91 Å². The van der Waals surface area contributed by atoms with Gasteiger partial charge in [-0.15, -0.1) is 11.3 Å². The number of carbonyl (C=O) groups excluding carboxylic acids is 2. The number of halogens is 1. The summed E-state index contributed by atoms with van der Waals surface area (Å²) in [6.07, 6.45) is 4.51. The van der Waals surface area contributed by atoms with Gasteiger partial charge >= 0.3 is 0 Å². The van der Waals surface area contributed by atoms with Crippen molar-refractivity contribution in [1.82, 2.24) is 14.9 Å². The zero-order chi connectivity index (χ0) is 23.7. The van der Waals surface area contributed by atoms with E-state index in [2.05, 4.69) is 15.3 Å². The van der Waals surface area contributed by atoms with Crippen molar-refractivity contribution in [1.29, 1.82) is 0 Å². The van der Waals surface area contributed by atoms with Crippen LogP contribution in [0.3, 0.4) is 0 Å². The molecule has 1 aromatic carbocycles. The summed E-state index contributed by atoms with van der Waals surface area (Å²) in [4.78, 5) is 34.8. The van der Waals surface area contributed by atoms with E-state index < -0.39 is 11.7 Å². The van der Waals surface area contributed by atoms with Crippen molar-refractivity contribution in [3.05, 3.63) is 40.8 Å². The summed E-state index contributed by atoms with van der Waals surface area (Å²) in [5.41, 5.74) is 6.75. The summed E-state index contributed by atoms with van der Waals surface area (Å²) in [7, 11) is 1.82. The molecule has 0 aliphatic heterocycles. The Kier molecular flexibility index (Phi) is 6.46. The predicted octanol–water partition coefficient (Wildman–Crippen LogP) is 4.15. The van der Waals surface area contributed by atoms with Crippen LogP contribution in [0.15, 0.2) is 24.5 Å². The average molecular weight is 472 g/mol. The summed E-state index contributed by atoms with van der Waals surface area (Å²) in [6.45, 7) is 3.37. The number of rotatable bonds is 6. The van der Waals surface area contributed by atoms with Crippen LogP contribution in [-0.4, -0.2) is 45.9 Å². The van der Waals surface area contributed by atoms with Crippen LogP contribution < -0.4 is 15.8 Å². The first-order chi connectivity index (χ1) is 15.7. The van der Waals surface area contributed by atoms with Gasteiger partial charge < -0.3 is 20.7 Å². The van der Waals surface area contributed by atoms with E-state index >= 15 is 0 Å². The molecule has 0 saturated heterocycles. The average Bonchev–Trinajstić information content (AvgIpc) is 3.13. The zero-order valence-corrected chi connectivity index (χ0v) is 19.5. The minimum Gasteiger partial charge on any atom is -0.488 e. The molecule has 4 rings (SSSR count). The molecule has 0 radical (unpaired) electrons. The number of ether oxygens (including phenoxy) is 1. The van der Waals surface area contributed by atoms with E-state index in [1.807, 2.05) is 7.05 Å². The molecule has 8 nitrogen and oxygen atoms in total. The lowest BCUT2D eigenvalue weighted by atomic mass is 9.92. The van der Waals surface area contributed by atoms with Crippen LogP contribution in [0.1, 0.15) is 47.8 Å². The number of nitrogens with one attached hydrogen (secondary N) is 1. The standard InChI is InChI=1S/C23H26FN5O3S/c1-12-19-22(26-11-27-23(19)33-20(12)21(25)31)28-17-9-4-14(24)10-18(17)32-16-7-5-15(6-8-16)29(3)13(2)30/h4,9-11,15-16H,5-8H2,1-3H3,(H2,25,31)(H,26,27,28). The van der Waals surface area contributed by atoms with Crippen molar-refractivity contribution < 1.29 is 18.7 Å². The van der Waals surface area contributed by atoms with E-state index in [9.17, 15) is 14.0 Å². The molecule has 10 heteroatoms. The van der Waals surface area contributed by atoms with Gasteiger partial charge in [0.1, 0.15) is 28.5 Å². The van der Waals surface area contributed by atoms with Crippen LogP contribution in [-0.2, 0) is 4.79 Å². The van der Waals surface area contributed by atoms with E-state index in [0.717, 1.165) is 25.7 Å². The molecule has 174 valence electrons. The van der Waals surface area contributed by atoms with Crippen molar-refractivity contribution in [2.75, 3.05) is 12.4 Å². The third-order valence-corrected chi connectivity index (χ3v) is 7.34. The highest BCUT2D eigenvalue weighted by Crippen LogP contribution is 2.37. The molecule has 2 heterocycles. The van der Waals surface area contributed by atoms with Crippen molar-refractivity contribution in [2.45, 2.75) is 51.7 Å². The molecule has 1 aliphatic carbocycles. The van der Waals surface area contributed by atoms with Gasteiger partial charge in [-0.2, -0.15) is 0 Å². The number of carbonyl (C=O) groups is 2. The van der Waals surface area contributed by atoms with Crippen LogP contribution in [0.4, 0.5) is 15.9 Å². The first-order valence-corrected chi connectivity index (χ1v) is 11.6. The highest BCUT2D eigenvalue weighted by Gasteiger charge is 2.27. The Morgan fingerprint density at radius 3 is 2.64 bits per heavy atom. The molecule has 2 amide bonds. The maximum Gasteiger partial charge on any atom is 0.259 e. The first-order valence-electron chi connectivity index (χ1n) is 10.7. The Labute approximate surface area is 195 Å². The number of aromatic nitrogens is 2. The molecule has 1 fully saturated rings. The minimum atomic E-state index is -0.515. The van der Waals surface area contributed by atoms with Crippen LogP contribution in [0, 0.1) is 12.7 Å². The minimum absolute atomic E-state index is 0.0513. The molecule has 2 aromatic heterocycles. The van der Waals surface area contributed by atoms with Crippen molar-refractivity contribution in [2.24, 2.45) is 5.73 Å². The quantitative estimate of drug-likeness (QED) is 0.559. The molecule has 3 aromatic rings. The van der Waals surface area contributed by atoms with Crippen LogP contribution in [0.2, 0.25) is 0 Å². The SMILES string of the molecule is CC(=O)N(C)C1CCC(Oc2cc(F)ccc2Nc2ncnc3sc(C(N)=O)c(C)c23)CC1. The normalized spacial score (nSPS) is 18.2. The van der Waals surface area contributed by atoms with Crippen molar-refractivity contribution in [3.63, 3.8) is 0 Å². The smallest absolute Gasteiger partial charge is 0.259 e. The second-order valence-electron chi connectivity index (χ2n) is 8.27. The number of anilines is 2. The number of fused-ring (bicyclic) bond motifs is 1. The van der Waals surface area contributed by atoms with Gasteiger partial charge in [0, 0.05) is 26.1 Å². The summed E-state index contributed by atoms with van der Waals surface area (Å²) in [5.74, 6) is 0.00222. The Balaban J connectivity index is 1.57. The number of primary amides is 1. The van der Waals surface area contributed by atoms with Gasteiger partial charge in [-0.05, 0) is 50.3 Å². The second kappa shape index (κ2) is 9.30. The van der Waals surface area contributed by atoms with Gasteiger partial charge in [0.2, 0.25) is 5.91 Å². The lowest BCUT2D eigenvalue weighted by molar-refractivity contribution is -0.130. The highest BCUT2D eigenvalue weighted by molar-refractivity contribution is 7.20. The molecule has 0 unspecified atom stereocenters. The first kappa shape index (κ1) is 22.9. The molecule has 0 atom stereocenters. The lowest BCUT2D eigenvalue weighted by Gasteiger charge is -2.34. The van der Waals surface area contributed by atoms with Gasteiger partial charge in [-0.25, -0.2) is 14.4 Å². The predicted molar refractivity (Wildman–Crippen MR) is 125 cm³/mol. The molecule has 0 bridgehead atoms. The van der Waals surface area contributed by atoms with Crippen LogP contribution in [0.5, 0.6) is 5.75 Å². The van der Waals surface area contributed by atoms with Gasteiger partial charge in [-0.1, -0.05) is 0 Å². The van der Waals surface area contributed by atoms with Gasteiger partial charge in [0.15, 0.2) is 0 Å². The summed E-state index contributed by atoms with van der Waals surface area (Å²) < 4.78 is 20.3. The fourth-order valence-electron chi connectivity index (χ4n) is 4.21. The number of amides is 2. The Hall–Kier alpha value is -3.27. The Bertz CT molecular complexity index is 1210. The maximum absolute atomic E-state index is 14.1. The lowest BCUT2D eigenvalue weighted by Crippen LogP contribution is -2.40. The number of thiophene rings is 1. The van der Waals surface area contributed by atoms with E-state index in [1.165, 1.54) is 29.8 Å². The Morgan fingerprint density at radius 1 is 1.24 bits per heavy atom. The molecule has 1 aliphatic rings. The third-order valence-electron chi connectivity index (χ3n) is 6.13. The summed E-state index contributed by atoms with van der Waals surface area (Å²) >= 11 is 1.21. The molecular weight excluding hydrogens is 445 g/mol. The number of nitrogens with two attached hydrogens (primary N) is 1. The van der Waals surface area contributed by atoms with Crippen molar-refractivity contribution >= 4 is 44.9 Å². The second-order valence-corrected chi connectivity index (χ2v) is 9.27.